The van der Waals surface area contributed by atoms with Gasteiger partial charge in [0.1, 0.15) is 5.58 Å². The van der Waals surface area contributed by atoms with Crippen LogP contribution in [0.4, 0.5) is 0 Å². The smallest absolute Gasteiger partial charge is 0.239 e. The molecule has 1 aliphatic rings. The van der Waals surface area contributed by atoms with E-state index in [4.69, 9.17) is 4.42 Å². The maximum absolute atomic E-state index is 11.7. The van der Waals surface area contributed by atoms with Gasteiger partial charge in [-0.2, -0.15) is 0 Å². The van der Waals surface area contributed by atoms with Gasteiger partial charge in [-0.15, -0.1) is 0 Å². The zero-order valence-electron chi connectivity index (χ0n) is 8.47. The molecule has 5 heteroatoms. The Morgan fingerprint density at radius 3 is 2.53 bits per heavy atom. The topological polar surface area (TPSA) is 84.6 Å². The first-order valence-corrected chi connectivity index (χ1v) is 4.93. The van der Waals surface area contributed by atoms with Gasteiger partial charge in [-0.05, 0) is 6.07 Å². The summed E-state index contributed by atoms with van der Waals surface area (Å²) < 4.78 is 5.21. The van der Waals surface area contributed by atoms with Crippen molar-refractivity contribution in [1.82, 2.24) is 0 Å². The van der Waals surface area contributed by atoms with Crippen molar-refractivity contribution >= 4 is 28.3 Å². The molecule has 1 unspecified atom stereocenters. The minimum atomic E-state index is -1.93. The van der Waals surface area contributed by atoms with Crippen LogP contribution < -0.4 is 0 Å². The van der Waals surface area contributed by atoms with Crippen molar-refractivity contribution in [3.63, 3.8) is 0 Å². The zero-order valence-corrected chi connectivity index (χ0v) is 8.47. The number of Topliss-reactive ketones (excluding diaryl/α,β-unsaturated/α-hetero) is 3. The lowest BCUT2D eigenvalue weighted by atomic mass is 9.90. The fraction of sp³-hybridized carbons (Fsp3) is 0.0833. The maximum atomic E-state index is 11.7. The van der Waals surface area contributed by atoms with Crippen LogP contribution in [-0.4, -0.2) is 28.6 Å². The van der Waals surface area contributed by atoms with E-state index in [0.29, 0.717) is 11.0 Å². The molecule has 3 rings (SSSR count). The molecule has 0 radical (unpaired) electrons. The van der Waals surface area contributed by atoms with Gasteiger partial charge >= 0.3 is 0 Å². The predicted octanol–water partition coefficient (Wildman–Crippen LogP) is 0.742. The second-order valence-corrected chi connectivity index (χ2v) is 3.76. The number of benzene rings is 1. The second kappa shape index (κ2) is 3.11. The summed E-state index contributed by atoms with van der Waals surface area (Å²) in [5, 5.41) is 9.73. The van der Waals surface area contributed by atoms with Crippen LogP contribution in [0.3, 0.4) is 0 Å². The number of fused-ring (bicyclic) bond motifs is 3. The SMILES string of the molecule is O=C1C(=O)C(O)C(=O)c2oc3ccccc3c21. The van der Waals surface area contributed by atoms with Crippen LogP contribution in [0.2, 0.25) is 0 Å². The summed E-state index contributed by atoms with van der Waals surface area (Å²) in [6.07, 6.45) is -1.93. The minimum absolute atomic E-state index is 0.0408. The van der Waals surface area contributed by atoms with E-state index in [2.05, 4.69) is 0 Å². The van der Waals surface area contributed by atoms with Crippen molar-refractivity contribution < 1.29 is 23.9 Å². The van der Waals surface area contributed by atoms with Crippen LogP contribution in [-0.2, 0) is 4.79 Å². The Morgan fingerprint density at radius 2 is 1.76 bits per heavy atom. The fourth-order valence-corrected chi connectivity index (χ4v) is 1.94. The standard InChI is InChI=1S/C12H6O5/c13-8-7-5-3-1-2-4-6(5)17-12(7)11(16)10(15)9(8)14/h1-4,10,15H. The van der Waals surface area contributed by atoms with Crippen molar-refractivity contribution in [2.75, 3.05) is 0 Å². The third-order valence-electron chi connectivity index (χ3n) is 2.77. The Balaban J connectivity index is 2.42. The number of ketones is 3. The van der Waals surface area contributed by atoms with E-state index in [1.165, 1.54) is 0 Å². The highest BCUT2D eigenvalue weighted by atomic mass is 16.4. The molecule has 5 nitrogen and oxygen atoms in total. The molecule has 84 valence electrons. The lowest BCUT2D eigenvalue weighted by Gasteiger charge is -2.12. The van der Waals surface area contributed by atoms with E-state index in [9.17, 15) is 19.5 Å². The van der Waals surface area contributed by atoms with Gasteiger partial charge in [0, 0.05) is 5.39 Å². The number of hydrogen-bond donors (Lipinski definition) is 1. The van der Waals surface area contributed by atoms with Gasteiger partial charge in [-0.25, -0.2) is 0 Å². The Morgan fingerprint density at radius 1 is 1.06 bits per heavy atom. The van der Waals surface area contributed by atoms with Gasteiger partial charge in [0.25, 0.3) is 0 Å². The van der Waals surface area contributed by atoms with Gasteiger partial charge in [0.2, 0.25) is 17.3 Å². The van der Waals surface area contributed by atoms with Crippen molar-refractivity contribution in [1.29, 1.82) is 0 Å². The monoisotopic (exact) mass is 230 g/mol. The summed E-state index contributed by atoms with van der Waals surface area (Å²) in [5.41, 5.74) is 0.307. The van der Waals surface area contributed by atoms with E-state index in [0.717, 1.165) is 0 Å². The third kappa shape index (κ3) is 1.14. The zero-order chi connectivity index (χ0) is 12.2. The normalized spacial score (nSPS) is 19.8. The number of aliphatic hydroxyl groups excluding tert-OH is 1. The maximum Gasteiger partial charge on any atom is 0.239 e. The quantitative estimate of drug-likeness (QED) is 0.533. The van der Waals surface area contributed by atoms with Crippen molar-refractivity contribution in [2.45, 2.75) is 6.10 Å². The molecule has 1 atom stereocenters. The molecular formula is C12H6O5. The lowest BCUT2D eigenvalue weighted by molar-refractivity contribution is -0.121. The van der Waals surface area contributed by atoms with Crippen LogP contribution in [0.1, 0.15) is 20.9 Å². The van der Waals surface area contributed by atoms with E-state index in [-0.39, 0.29) is 11.3 Å². The third-order valence-corrected chi connectivity index (χ3v) is 2.77. The molecule has 1 N–H and O–H groups in total. The van der Waals surface area contributed by atoms with Gasteiger partial charge in [-0.3, -0.25) is 14.4 Å². The number of furan rings is 1. The molecule has 0 fully saturated rings. The molecule has 1 heterocycles. The van der Waals surface area contributed by atoms with Crippen LogP contribution in [0.5, 0.6) is 0 Å². The minimum Gasteiger partial charge on any atom is -0.452 e. The van der Waals surface area contributed by atoms with Crippen LogP contribution in [0.25, 0.3) is 11.0 Å². The average molecular weight is 230 g/mol. The lowest BCUT2D eigenvalue weighted by Crippen LogP contribution is -2.40. The van der Waals surface area contributed by atoms with Crippen LogP contribution in [0.15, 0.2) is 28.7 Å². The van der Waals surface area contributed by atoms with Crippen molar-refractivity contribution in [3.8, 4) is 0 Å². The fourth-order valence-electron chi connectivity index (χ4n) is 1.94. The average Bonchev–Trinajstić information content (AvgIpc) is 2.73. The summed E-state index contributed by atoms with van der Waals surface area (Å²) in [6.45, 7) is 0. The number of rotatable bonds is 0. The first kappa shape index (κ1) is 9.92. The summed E-state index contributed by atoms with van der Waals surface area (Å²) >= 11 is 0. The van der Waals surface area contributed by atoms with Crippen molar-refractivity contribution in [3.05, 3.63) is 35.6 Å². The molecule has 1 aliphatic carbocycles. The van der Waals surface area contributed by atoms with E-state index >= 15 is 0 Å². The Bertz CT molecular complexity index is 679. The Kier molecular flexibility index (Phi) is 1.82. The number of carbonyl (C=O) groups excluding carboxylic acids is 3. The molecule has 17 heavy (non-hydrogen) atoms. The Hall–Kier alpha value is -2.27. The summed E-state index contributed by atoms with van der Waals surface area (Å²) in [5.74, 6) is -3.07. The molecule has 1 aromatic heterocycles. The highest BCUT2D eigenvalue weighted by Crippen LogP contribution is 2.30. The van der Waals surface area contributed by atoms with E-state index in [1.807, 2.05) is 0 Å². The van der Waals surface area contributed by atoms with E-state index < -0.39 is 23.5 Å². The summed E-state index contributed by atoms with van der Waals surface area (Å²) in [6, 6.07) is 6.54. The summed E-state index contributed by atoms with van der Waals surface area (Å²) in [7, 11) is 0. The van der Waals surface area contributed by atoms with Gasteiger partial charge in [0.05, 0.1) is 5.56 Å². The number of carbonyl (C=O) groups is 3. The molecule has 0 aliphatic heterocycles. The van der Waals surface area contributed by atoms with Crippen molar-refractivity contribution in [2.24, 2.45) is 0 Å². The largest absolute Gasteiger partial charge is 0.452 e. The van der Waals surface area contributed by atoms with Gasteiger partial charge in [0.15, 0.2) is 11.9 Å². The van der Waals surface area contributed by atoms with E-state index in [1.54, 1.807) is 24.3 Å². The number of hydrogen-bond acceptors (Lipinski definition) is 5. The van der Waals surface area contributed by atoms with Crippen LogP contribution in [0, 0.1) is 0 Å². The number of aliphatic hydroxyl groups is 1. The molecule has 1 aromatic carbocycles. The van der Waals surface area contributed by atoms with Crippen LogP contribution >= 0.6 is 0 Å². The Labute approximate surface area is 94.6 Å². The first-order valence-electron chi connectivity index (χ1n) is 4.93. The van der Waals surface area contributed by atoms with Gasteiger partial charge < -0.3 is 9.52 Å². The first-order chi connectivity index (χ1) is 8.11. The predicted molar refractivity (Wildman–Crippen MR) is 55.9 cm³/mol. The molecule has 2 aromatic rings. The molecule has 0 bridgehead atoms. The highest BCUT2D eigenvalue weighted by molar-refractivity contribution is 6.54. The molecular weight excluding hydrogens is 224 g/mol. The summed E-state index contributed by atoms with van der Waals surface area (Å²) in [4.78, 5) is 34.7. The highest BCUT2D eigenvalue weighted by Gasteiger charge is 2.43. The molecule has 0 saturated heterocycles. The number of para-hydroxylation sites is 1. The molecule has 0 spiro atoms. The second-order valence-electron chi connectivity index (χ2n) is 3.76. The van der Waals surface area contributed by atoms with Gasteiger partial charge in [-0.1, -0.05) is 18.2 Å². The molecule has 0 amide bonds. The molecule has 0 saturated carbocycles.